The maximum absolute atomic E-state index is 5.16. The molecule has 1 unspecified atom stereocenters. The first-order chi connectivity index (χ1) is 4.34. The lowest BCUT2D eigenvalue weighted by molar-refractivity contribution is 0.114. The van der Waals surface area contributed by atoms with E-state index in [1.165, 1.54) is 5.57 Å². The fraction of sp³-hybridized carbons (Fsp3) is 0.714. The zero-order valence-corrected chi connectivity index (χ0v) is 5.81. The molecule has 0 bridgehead atoms. The van der Waals surface area contributed by atoms with Crippen LogP contribution in [0.15, 0.2) is 12.2 Å². The average molecular weight is 127 g/mol. The van der Waals surface area contributed by atoms with Gasteiger partial charge in [-0.15, -0.1) is 0 Å². The summed E-state index contributed by atoms with van der Waals surface area (Å²) in [6.45, 7) is 5.85. The molecule has 52 valence electrons. The van der Waals surface area contributed by atoms with Crippen LogP contribution in [-0.4, -0.2) is 26.3 Å². The van der Waals surface area contributed by atoms with Gasteiger partial charge in [0.25, 0.3) is 0 Å². The highest BCUT2D eigenvalue weighted by Gasteiger charge is 2.14. The summed E-state index contributed by atoms with van der Waals surface area (Å²) in [5.41, 5.74) is 1.17. The Balaban J connectivity index is 2.39. The Morgan fingerprint density at radius 3 is 3.00 bits per heavy atom. The lowest BCUT2D eigenvalue weighted by Gasteiger charge is -2.23. The van der Waals surface area contributed by atoms with Crippen molar-refractivity contribution in [3.05, 3.63) is 12.2 Å². The zero-order chi connectivity index (χ0) is 6.69. The molecule has 2 heteroatoms. The monoisotopic (exact) mass is 127 g/mol. The number of hydrogen-bond acceptors (Lipinski definition) is 2. The van der Waals surface area contributed by atoms with Crippen LogP contribution < -0.4 is 5.32 Å². The summed E-state index contributed by atoms with van der Waals surface area (Å²) in [5.74, 6) is 0. The quantitative estimate of drug-likeness (QED) is 0.519. The number of piperidine rings is 1. The van der Waals surface area contributed by atoms with Gasteiger partial charge in [0.1, 0.15) is 0 Å². The van der Waals surface area contributed by atoms with Crippen molar-refractivity contribution in [1.29, 1.82) is 0 Å². The second-order valence-electron chi connectivity index (χ2n) is 2.35. The Bertz CT molecular complexity index is 111. The lowest BCUT2D eigenvalue weighted by Crippen LogP contribution is -2.33. The SMILES string of the molecule is C=C1CNCCC1OC. The summed E-state index contributed by atoms with van der Waals surface area (Å²) in [4.78, 5) is 0. The predicted molar refractivity (Wildman–Crippen MR) is 37.4 cm³/mol. The Morgan fingerprint density at radius 1 is 1.78 bits per heavy atom. The van der Waals surface area contributed by atoms with Gasteiger partial charge in [-0.1, -0.05) is 6.58 Å². The number of rotatable bonds is 1. The molecule has 1 heterocycles. The molecule has 0 aromatic rings. The minimum Gasteiger partial charge on any atom is -0.377 e. The van der Waals surface area contributed by atoms with E-state index in [9.17, 15) is 0 Å². The summed E-state index contributed by atoms with van der Waals surface area (Å²) in [5, 5.41) is 3.22. The molecule has 1 atom stereocenters. The van der Waals surface area contributed by atoms with Crippen LogP contribution in [0.2, 0.25) is 0 Å². The first-order valence-corrected chi connectivity index (χ1v) is 3.26. The van der Waals surface area contributed by atoms with Crippen LogP contribution in [0.3, 0.4) is 0 Å². The highest BCUT2D eigenvalue weighted by Crippen LogP contribution is 2.10. The number of ether oxygens (including phenoxy) is 1. The highest BCUT2D eigenvalue weighted by molar-refractivity contribution is 5.07. The van der Waals surface area contributed by atoms with Gasteiger partial charge in [-0.25, -0.2) is 0 Å². The molecule has 0 amide bonds. The Labute approximate surface area is 55.9 Å². The third kappa shape index (κ3) is 1.53. The largest absolute Gasteiger partial charge is 0.377 e. The van der Waals surface area contributed by atoms with Crippen molar-refractivity contribution in [3.63, 3.8) is 0 Å². The minimum absolute atomic E-state index is 0.297. The third-order valence-electron chi connectivity index (χ3n) is 1.68. The molecule has 2 nitrogen and oxygen atoms in total. The Morgan fingerprint density at radius 2 is 2.56 bits per heavy atom. The van der Waals surface area contributed by atoms with E-state index in [-0.39, 0.29) is 0 Å². The molecule has 1 rings (SSSR count). The molecule has 1 aliphatic rings. The van der Waals surface area contributed by atoms with Gasteiger partial charge < -0.3 is 10.1 Å². The van der Waals surface area contributed by atoms with Crippen LogP contribution in [0.5, 0.6) is 0 Å². The summed E-state index contributed by atoms with van der Waals surface area (Å²) in [6, 6.07) is 0. The van der Waals surface area contributed by atoms with Gasteiger partial charge in [-0.3, -0.25) is 0 Å². The first kappa shape index (κ1) is 6.78. The van der Waals surface area contributed by atoms with Gasteiger partial charge in [0, 0.05) is 13.7 Å². The fourth-order valence-corrected chi connectivity index (χ4v) is 1.08. The van der Waals surface area contributed by atoms with Crippen LogP contribution in [0.1, 0.15) is 6.42 Å². The van der Waals surface area contributed by atoms with Crippen molar-refractivity contribution >= 4 is 0 Å². The Hall–Kier alpha value is -0.340. The van der Waals surface area contributed by atoms with Crippen molar-refractivity contribution in [2.45, 2.75) is 12.5 Å². The van der Waals surface area contributed by atoms with E-state index in [0.29, 0.717) is 6.10 Å². The molecule has 1 saturated heterocycles. The lowest BCUT2D eigenvalue weighted by atomic mass is 10.1. The van der Waals surface area contributed by atoms with Crippen LogP contribution in [0.25, 0.3) is 0 Å². The van der Waals surface area contributed by atoms with Crippen molar-refractivity contribution in [2.24, 2.45) is 0 Å². The summed E-state index contributed by atoms with van der Waals surface area (Å²) in [7, 11) is 1.74. The second kappa shape index (κ2) is 2.99. The van der Waals surface area contributed by atoms with Crippen molar-refractivity contribution < 1.29 is 4.74 Å². The predicted octanol–water partition coefficient (Wildman–Crippen LogP) is 0.551. The van der Waals surface area contributed by atoms with Gasteiger partial charge >= 0.3 is 0 Å². The third-order valence-corrected chi connectivity index (χ3v) is 1.68. The molecule has 0 aromatic carbocycles. The fourth-order valence-electron chi connectivity index (χ4n) is 1.08. The van der Waals surface area contributed by atoms with E-state index in [1.54, 1.807) is 7.11 Å². The van der Waals surface area contributed by atoms with Crippen LogP contribution in [0.4, 0.5) is 0 Å². The maximum Gasteiger partial charge on any atom is 0.0803 e. The first-order valence-electron chi connectivity index (χ1n) is 3.26. The van der Waals surface area contributed by atoms with Gasteiger partial charge in [-0.05, 0) is 18.5 Å². The molecular formula is C7H13NO. The van der Waals surface area contributed by atoms with Crippen molar-refractivity contribution in [3.8, 4) is 0 Å². The second-order valence-corrected chi connectivity index (χ2v) is 2.35. The minimum atomic E-state index is 0.297. The molecule has 0 radical (unpaired) electrons. The molecule has 9 heavy (non-hydrogen) atoms. The normalized spacial score (nSPS) is 28.6. The summed E-state index contributed by atoms with van der Waals surface area (Å²) >= 11 is 0. The van der Waals surface area contributed by atoms with Crippen LogP contribution >= 0.6 is 0 Å². The topological polar surface area (TPSA) is 21.3 Å². The van der Waals surface area contributed by atoms with E-state index < -0.39 is 0 Å². The van der Waals surface area contributed by atoms with Crippen molar-refractivity contribution in [1.82, 2.24) is 5.32 Å². The summed E-state index contributed by atoms with van der Waals surface area (Å²) in [6.07, 6.45) is 1.36. The van der Waals surface area contributed by atoms with E-state index in [1.807, 2.05) is 0 Å². The number of nitrogens with one attached hydrogen (secondary N) is 1. The maximum atomic E-state index is 5.16. The molecule has 1 N–H and O–H groups in total. The van der Waals surface area contributed by atoms with E-state index in [4.69, 9.17) is 4.74 Å². The van der Waals surface area contributed by atoms with Gasteiger partial charge in [0.2, 0.25) is 0 Å². The standard InChI is InChI=1S/C7H13NO/c1-6-5-8-4-3-7(6)9-2/h7-8H,1,3-5H2,2H3. The molecule has 0 saturated carbocycles. The molecule has 0 spiro atoms. The summed E-state index contributed by atoms with van der Waals surface area (Å²) < 4.78 is 5.16. The van der Waals surface area contributed by atoms with Gasteiger partial charge in [0.05, 0.1) is 6.10 Å². The number of methoxy groups -OCH3 is 1. The van der Waals surface area contributed by atoms with Crippen molar-refractivity contribution in [2.75, 3.05) is 20.2 Å². The van der Waals surface area contributed by atoms with Gasteiger partial charge in [0.15, 0.2) is 0 Å². The smallest absolute Gasteiger partial charge is 0.0803 e. The van der Waals surface area contributed by atoms with Gasteiger partial charge in [-0.2, -0.15) is 0 Å². The highest BCUT2D eigenvalue weighted by atomic mass is 16.5. The Kier molecular flexibility index (Phi) is 2.25. The molecule has 1 aliphatic heterocycles. The van der Waals surface area contributed by atoms with E-state index in [2.05, 4.69) is 11.9 Å². The van der Waals surface area contributed by atoms with E-state index >= 15 is 0 Å². The van der Waals surface area contributed by atoms with Crippen LogP contribution in [0, 0.1) is 0 Å². The molecule has 0 aromatic heterocycles. The average Bonchev–Trinajstić information content (AvgIpc) is 1.89. The molecule has 1 fully saturated rings. The molecular weight excluding hydrogens is 114 g/mol. The zero-order valence-electron chi connectivity index (χ0n) is 5.81. The van der Waals surface area contributed by atoms with E-state index in [0.717, 1.165) is 19.5 Å². The number of hydrogen-bond donors (Lipinski definition) is 1. The molecule has 0 aliphatic carbocycles. The van der Waals surface area contributed by atoms with Crippen LogP contribution in [-0.2, 0) is 4.74 Å².